The largest absolute Gasteiger partial charge is 0.421 e. The Morgan fingerprint density at radius 3 is 2.71 bits per heavy atom. The predicted octanol–water partition coefficient (Wildman–Crippen LogP) is 3.10. The summed E-state index contributed by atoms with van der Waals surface area (Å²) in [6, 6.07) is 3.47. The molecule has 0 spiro atoms. The van der Waals surface area contributed by atoms with Crippen LogP contribution >= 0.6 is 0 Å². The van der Waals surface area contributed by atoms with Crippen molar-refractivity contribution in [3.63, 3.8) is 0 Å². The number of aromatic amines is 1. The molecule has 35 heavy (non-hydrogen) atoms. The van der Waals surface area contributed by atoms with E-state index in [0.717, 1.165) is 23.9 Å². The van der Waals surface area contributed by atoms with E-state index in [1.165, 1.54) is 24.5 Å². The minimum atomic E-state index is -0.782. The number of benzene rings is 1. The summed E-state index contributed by atoms with van der Waals surface area (Å²) in [6.45, 7) is 4.54. The number of hydrogen-bond acceptors (Lipinski definition) is 9. The first-order valence-corrected chi connectivity index (χ1v) is 11.7. The van der Waals surface area contributed by atoms with Crippen molar-refractivity contribution in [2.75, 3.05) is 23.8 Å². The average molecular weight is 479 g/mol. The lowest BCUT2D eigenvalue weighted by Gasteiger charge is -2.36. The number of ether oxygens (including phenoxy) is 1. The van der Waals surface area contributed by atoms with Crippen LogP contribution in [0.4, 0.5) is 15.9 Å². The van der Waals surface area contributed by atoms with Gasteiger partial charge in [0, 0.05) is 31.1 Å². The quantitative estimate of drug-likeness (QED) is 0.341. The maximum absolute atomic E-state index is 14.5. The van der Waals surface area contributed by atoms with E-state index in [0.29, 0.717) is 45.9 Å². The molecular formula is C24H27FN8O2. The Labute approximate surface area is 200 Å². The summed E-state index contributed by atoms with van der Waals surface area (Å²) in [5.74, 6) is 1.67. The standard InChI is InChI=1S/C24H27FN8O2/c1-10-17-4-12(19(10)26)9-33(17)23-18-15-5-13(25)6-16(27-3)20(15)30-22(18)31-24(32-23)35-14-7-28-21(11(2)34)29-8-14/h5-8,10-12,17,19,27,34H,4,9,26H2,1-3H3,(H,30,31,32)/t10-,11?,12+,17+,19+/m0/s1. The van der Waals surface area contributed by atoms with E-state index in [4.69, 9.17) is 15.5 Å². The Hall–Kier alpha value is -3.57. The van der Waals surface area contributed by atoms with Gasteiger partial charge in [0.05, 0.1) is 29.0 Å². The summed E-state index contributed by atoms with van der Waals surface area (Å²) < 4.78 is 20.5. The zero-order valence-electron chi connectivity index (χ0n) is 19.7. The van der Waals surface area contributed by atoms with Crippen molar-refractivity contribution in [2.45, 2.75) is 38.5 Å². The SMILES string of the molecule is CNc1cc(F)cc2c1[nH]c1nc(Oc3cnc(C(C)O)nc3)nc(N3C[C@H]4C[C@@H]3[C@H](C)[C@H]4N)c12. The Kier molecular flexibility index (Phi) is 5.01. The minimum Gasteiger partial charge on any atom is -0.421 e. The molecule has 10 nitrogen and oxygen atoms in total. The van der Waals surface area contributed by atoms with Crippen molar-refractivity contribution in [2.24, 2.45) is 17.6 Å². The second-order valence-corrected chi connectivity index (χ2v) is 9.51. The van der Waals surface area contributed by atoms with E-state index in [1.54, 1.807) is 14.0 Å². The van der Waals surface area contributed by atoms with Gasteiger partial charge in [0.25, 0.3) is 0 Å². The number of nitrogens with two attached hydrogens (primary N) is 1. The Balaban J connectivity index is 1.51. The molecule has 2 fully saturated rings. The van der Waals surface area contributed by atoms with Crippen molar-refractivity contribution in [1.82, 2.24) is 24.9 Å². The molecule has 5 atom stereocenters. The summed E-state index contributed by atoms with van der Waals surface area (Å²) in [6.07, 6.45) is 3.16. The van der Waals surface area contributed by atoms with Gasteiger partial charge in [-0.25, -0.2) is 14.4 Å². The number of H-pyrrole nitrogens is 1. The van der Waals surface area contributed by atoms with Crippen LogP contribution in [0.3, 0.4) is 0 Å². The number of aliphatic hydroxyl groups is 1. The Morgan fingerprint density at radius 1 is 1.29 bits per heavy atom. The molecule has 2 aliphatic rings. The summed E-state index contributed by atoms with van der Waals surface area (Å²) in [7, 11) is 1.75. The number of halogens is 1. The molecule has 1 aromatic carbocycles. The third-order valence-electron chi connectivity index (χ3n) is 7.39. The lowest BCUT2D eigenvalue weighted by atomic mass is 9.94. The van der Waals surface area contributed by atoms with Crippen molar-refractivity contribution in [3.8, 4) is 11.8 Å². The van der Waals surface area contributed by atoms with Gasteiger partial charge >= 0.3 is 6.01 Å². The molecule has 2 bridgehead atoms. The number of hydrogen-bond donors (Lipinski definition) is 4. The number of fused-ring (bicyclic) bond motifs is 5. The van der Waals surface area contributed by atoms with Crippen LogP contribution < -0.4 is 20.7 Å². The van der Waals surface area contributed by atoms with E-state index in [9.17, 15) is 9.50 Å². The highest BCUT2D eigenvalue weighted by atomic mass is 19.1. The topological polar surface area (TPSA) is 138 Å². The first-order valence-electron chi connectivity index (χ1n) is 11.7. The molecule has 182 valence electrons. The number of piperidine rings is 1. The molecular weight excluding hydrogens is 451 g/mol. The zero-order valence-corrected chi connectivity index (χ0v) is 19.7. The molecule has 5 N–H and O–H groups in total. The molecule has 6 rings (SSSR count). The highest BCUT2D eigenvalue weighted by Gasteiger charge is 2.49. The molecule has 1 aliphatic heterocycles. The average Bonchev–Trinajstić information content (AvgIpc) is 3.51. The number of rotatable bonds is 5. The van der Waals surface area contributed by atoms with E-state index >= 15 is 0 Å². The highest BCUT2D eigenvalue weighted by Crippen LogP contribution is 2.46. The van der Waals surface area contributed by atoms with Gasteiger partial charge in [-0.05, 0) is 37.3 Å². The van der Waals surface area contributed by atoms with Crippen LogP contribution in [0.15, 0.2) is 24.5 Å². The molecule has 4 aromatic rings. The molecule has 1 unspecified atom stereocenters. The van der Waals surface area contributed by atoms with Gasteiger partial charge < -0.3 is 30.8 Å². The normalized spacial score (nSPS) is 24.5. The van der Waals surface area contributed by atoms with Gasteiger partial charge in [0.15, 0.2) is 11.6 Å². The molecule has 0 radical (unpaired) electrons. The highest BCUT2D eigenvalue weighted by molar-refractivity contribution is 6.14. The van der Waals surface area contributed by atoms with Gasteiger partial charge in [-0.15, -0.1) is 0 Å². The monoisotopic (exact) mass is 478 g/mol. The van der Waals surface area contributed by atoms with E-state index in [2.05, 4.69) is 37.1 Å². The second-order valence-electron chi connectivity index (χ2n) is 9.51. The first kappa shape index (κ1) is 21.9. The maximum Gasteiger partial charge on any atom is 0.326 e. The molecule has 1 saturated carbocycles. The summed E-state index contributed by atoms with van der Waals surface area (Å²) in [5.41, 5.74) is 8.35. The van der Waals surface area contributed by atoms with Gasteiger partial charge in [0.1, 0.15) is 23.4 Å². The molecule has 3 aromatic heterocycles. The molecule has 11 heteroatoms. The smallest absolute Gasteiger partial charge is 0.326 e. The van der Waals surface area contributed by atoms with E-state index in [-0.39, 0.29) is 23.9 Å². The van der Waals surface area contributed by atoms with Crippen molar-refractivity contribution in [3.05, 3.63) is 36.2 Å². The van der Waals surface area contributed by atoms with Crippen LogP contribution in [0.5, 0.6) is 11.8 Å². The zero-order chi connectivity index (χ0) is 24.4. The van der Waals surface area contributed by atoms with Crippen molar-refractivity contribution >= 4 is 33.4 Å². The number of aliphatic hydroxyl groups excluding tert-OH is 1. The molecule has 1 aliphatic carbocycles. The summed E-state index contributed by atoms with van der Waals surface area (Å²) >= 11 is 0. The van der Waals surface area contributed by atoms with Crippen LogP contribution in [0.1, 0.15) is 32.2 Å². The van der Waals surface area contributed by atoms with Gasteiger partial charge in [-0.2, -0.15) is 9.97 Å². The second kappa shape index (κ2) is 7.99. The van der Waals surface area contributed by atoms with Crippen LogP contribution in [-0.4, -0.2) is 55.7 Å². The third kappa shape index (κ3) is 3.45. The van der Waals surface area contributed by atoms with Gasteiger partial charge in [-0.1, -0.05) is 6.92 Å². The fourth-order valence-electron chi connectivity index (χ4n) is 5.58. The summed E-state index contributed by atoms with van der Waals surface area (Å²) in [5, 5.41) is 14.2. The lowest BCUT2D eigenvalue weighted by Crippen LogP contribution is -2.47. The molecule has 4 heterocycles. The predicted molar refractivity (Wildman–Crippen MR) is 130 cm³/mol. The Bertz CT molecular complexity index is 1420. The van der Waals surface area contributed by atoms with Gasteiger partial charge in [-0.3, -0.25) is 0 Å². The van der Waals surface area contributed by atoms with Crippen LogP contribution in [0.2, 0.25) is 0 Å². The first-order chi connectivity index (χ1) is 16.8. The van der Waals surface area contributed by atoms with Crippen molar-refractivity contribution < 1.29 is 14.2 Å². The number of aromatic nitrogens is 5. The molecule has 1 saturated heterocycles. The lowest BCUT2D eigenvalue weighted by molar-refractivity contribution is 0.188. The molecule has 0 amide bonds. The Morgan fingerprint density at radius 2 is 2.06 bits per heavy atom. The van der Waals surface area contributed by atoms with Gasteiger partial charge in [0.2, 0.25) is 0 Å². The maximum atomic E-state index is 14.5. The minimum absolute atomic E-state index is 0.124. The van der Waals surface area contributed by atoms with E-state index < -0.39 is 6.10 Å². The fraction of sp³-hybridized carbons (Fsp3) is 0.417. The number of nitrogens with one attached hydrogen (secondary N) is 2. The fourth-order valence-corrected chi connectivity index (χ4v) is 5.58. The van der Waals surface area contributed by atoms with Crippen LogP contribution in [0, 0.1) is 17.7 Å². The van der Waals surface area contributed by atoms with Crippen molar-refractivity contribution in [1.29, 1.82) is 0 Å². The summed E-state index contributed by atoms with van der Waals surface area (Å²) in [4.78, 5) is 23.3. The van der Waals surface area contributed by atoms with E-state index in [1.807, 2.05) is 0 Å². The number of anilines is 2. The van der Waals surface area contributed by atoms with Crippen LogP contribution in [-0.2, 0) is 0 Å². The third-order valence-corrected chi connectivity index (χ3v) is 7.39. The van der Waals surface area contributed by atoms with Crippen LogP contribution in [0.25, 0.3) is 21.9 Å². The number of nitrogens with zero attached hydrogens (tertiary/aromatic N) is 5.